The number of halogens is 1. The Bertz CT molecular complexity index is 411. The fourth-order valence-corrected chi connectivity index (χ4v) is 2.15. The van der Waals surface area contributed by atoms with E-state index in [0.717, 1.165) is 18.7 Å². The highest BCUT2D eigenvalue weighted by atomic mass is 35.5. The highest BCUT2D eigenvalue weighted by molar-refractivity contribution is 7.09. The summed E-state index contributed by atoms with van der Waals surface area (Å²) in [5.41, 5.74) is 4.29. The van der Waals surface area contributed by atoms with Crippen molar-refractivity contribution in [2.75, 3.05) is 0 Å². The molecule has 0 fully saturated rings. The molecule has 0 amide bonds. The zero-order valence-corrected chi connectivity index (χ0v) is 10.4. The Morgan fingerprint density at radius 1 is 1.12 bits per heavy atom. The van der Waals surface area contributed by atoms with Crippen molar-refractivity contribution in [2.24, 2.45) is 0 Å². The van der Waals surface area contributed by atoms with Crippen LogP contribution in [0.25, 0.3) is 0 Å². The highest BCUT2D eigenvalue weighted by Crippen LogP contribution is 2.08. The highest BCUT2D eigenvalue weighted by Gasteiger charge is 1.96. The third kappa shape index (κ3) is 3.30. The number of thiazole rings is 1. The molecule has 0 bridgehead atoms. The van der Waals surface area contributed by atoms with Crippen LogP contribution < -0.4 is 5.32 Å². The maximum atomic E-state index is 5.73. The van der Waals surface area contributed by atoms with Gasteiger partial charge in [0.15, 0.2) is 0 Å². The molecule has 0 aliphatic rings. The molecule has 84 valence electrons. The lowest BCUT2D eigenvalue weighted by atomic mass is 10.1. The molecule has 0 aliphatic heterocycles. The third-order valence-electron chi connectivity index (χ3n) is 2.29. The summed E-state index contributed by atoms with van der Waals surface area (Å²) in [6, 6.07) is 8.35. The second-order valence-corrected chi connectivity index (χ2v) is 4.76. The number of benzene rings is 1. The van der Waals surface area contributed by atoms with Gasteiger partial charge in [0.1, 0.15) is 0 Å². The van der Waals surface area contributed by atoms with Gasteiger partial charge in [-0.25, -0.2) is 0 Å². The topological polar surface area (TPSA) is 24.9 Å². The van der Waals surface area contributed by atoms with Gasteiger partial charge in [-0.05, 0) is 11.1 Å². The van der Waals surface area contributed by atoms with Gasteiger partial charge in [0.2, 0.25) is 0 Å². The SMILES string of the molecule is ClCc1ccc(CNCc2cncs2)cc1. The van der Waals surface area contributed by atoms with Gasteiger partial charge in [-0.1, -0.05) is 24.3 Å². The lowest BCUT2D eigenvalue weighted by molar-refractivity contribution is 0.700. The van der Waals surface area contributed by atoms with Crippen molar-refractivity contribution in [3.05, 3.63) is 52.0 Å². The summed E-state index contributed by atoms with van der Waals surface area (Å²) < 4.78 is 0. The van der Waals surface area contributed by atoms with E-state index in [1.807, 2.05) is 11.7 Å². The first-order valence-corrected chi connectivity index (χ1v) is 6.52. The Morgan fingerprint density at radius 2 is 1.88 bits per heavy atom. The van der Waals surface area contributed by atoms with Crippen LogP contribution in [0.3, 0.4) is 0 Å². The summed E-state index contributed by atoms with van der Waals surface area (Å²) in [7, 11) is 0. The molecule has 4 heteroatoms. The number of aromatic nitrogens is 1. The van der Waals surface area contributed by atoms with Gasteiger partial charge in [-0.2, -0.15) is 0 Å². The monoisotopic (exact) mass is 252 g/mol. The maximum absolute atomic E-state index is 5.73. The molecule has 0 spiro atoms. The zero-order valence-electron chi connectivity index (χ0n) is 8.82. The second kappa shape index (κ2) is 5.99. The second-order valence-electron chi connectivity index (χ2n) is 3.52. The van der Waals surface area contributed by atoms with E-state index in [-0.39, 0.29) is 0 Å². The molecule has 0 aliphatic carbocycles. The number of rotatable bonds is 5. The van der Waals surface area contributed by atoms with E-state index in [2.05, 4.69) is 34.6 Å². The van der Waals surface area contributed by atoms with Crippen molar-refractivity contribution >= 4 is 22.9 Å². The minimum absolute atomic E-state index is 0.578. The van der Waals surface area contributed by atoms with E-state index in [1.54, 1.807) is 11.3 Å². The van der Waals surface area contributed by atoms with Crippen LogP contribution in [-0.2, 0) is 19.0 Å². The van der Waals surface area contributed by atoms with E-state index in [9.17, 15) is 0 Å². The van der Waals surface area contributed by atoms with E-state index < -0.39 is 0 Å². The molecule has 0 atom stereocenters. The predicted octanol–water partition coefficient (Wildman–Crippen LogP) is 3.17. The average Bonchev–Trinajstić information content (AvgIpc) is 2.83. The van der Waals surface area contributed by atoms with Crippen molar-refractivity contribution in [3.8, 4) is 0 Å². The first kappa shape index (κ1) is 11.6. The number of nitrogens with one attached hydrogen (secondary N) is 1. The molecule has 2 aromatic rings. The number of hydrogen-bond acceptors (Lipinski definition) is 3. The lowest BCUT2D eigenvalue weighted by Gasteiger charge is -2.03. The zero-order chi connectivity index (χ0) is 11.2. The van der Waals surface area contributed by atoms with Crippen LogP contribution in [0.4, 0.5) is 0 Å². The Kier molecular flexibility index (Phi) is 4.34. The molecule has 1 aromatic carbocycles. The largest absolute Gasteiger partial charge is 0.308 e. The molecular formula is C12H13ClN2S. The molecular weight excluding hydrogens is 240 g/mol. The van der Waals surface area contributed by atoms with E-state index >= 15 is 0 Å². The number of alkyl halides is 1. The normalized spacial score (nSPS) is 10.6. The predicted molar refractivity (Wildman–Crippen MR) is 68.7 cm³/mol. The molecule has 0 radical (unpaired) electrons. The van der Waals surface area contributed by atoms with Gasteiger partial charge in [0, 0.05) is 30.0 Å². The van der Waals surface area contributed by atoms with Crippen molar-refractivity contribution in [2.45, 2.75) is 19.0 Å². The van der Waals surface area contributed by atoms with Crippen LogP contribution >= 0.6 is 22.9 Å². The molecule has 0 saturated heterocycles. The molecule has 2 rings (SSSR count). The van der Waals surface area contributed by atoms with Crippen LogP contribution in [0, 0.1) is 0 Å². The van der Waals surface area contributed by atoms with Crippen molar-refractivity contribution in [1.29, 1.82) is 0 Å². The first-order valence-electron chi connectivity index (χ1n) is 5.10. The van der Waals surface area contributed by atoms with Crippen molar-refractivity contribution < 1.29 is 0 Å². The number of nitrogens with zero attached hydrogens (tertiary/aromatic N) is 1. The Labute approximate surface area is 104 Å². The first-order chi connectivity index (χ1) is 7.88. The summed E-state index contributed by atoms with van der Waals surface area (Å²) in [4.78, 5) is 5.30. The maximum Gasteiger partial charge on any atom is 0.0794 e. The Morgan fingerprint density at radius 3 is 2.50 bits per heavy atom. The van der Waals surface area contributed by atoms with Crippen molar-refractivity contribution in [3.63, 3.8) is 0 Å². The Hall–Kier alpha value is -0.900. The summed E-state index contributed by atoms with van der Waals surface area (Å²) in [5.74, 6) is 0.578. The molecule has 1 heterocycles. The smallest absolute Gasteiger partial charge is 0.0794 e. The summed E-state index contributed by atoms with van der Waals surface area (Å²) in [6.07, 6.45) is 1.90. The number of hydrogen-bond donors (Lipinski definition) is 1. The molecule has 1 N–H and O–H groups in total. The van der Waals surface area contributed by atoms with Crippen LogP contribution in [0.1, 0.15) is 16.0 Å². The van der Waals surface area contributed by atoms with Gasteiger partial charge in [-0.15, -0.1) is 22.9 Å². The fourth-order valence-electron chi connectivity index (χ4n) is 1.41. The minimum atomic E-state index is 0.578. The van der Waals surface area contributed by atoms with Gasteiger partial charge in [0.25, 0.3) is 0 Å². The van der Waals surface area contributed by atoms with Gasteiger partial charge in [0.05, 0.1) is 5.51 Å². The molecule has 1 aromatic heterocycles. The van der Waals surface area contributed by atoms with Crippen LogP contribution in [0.2, 0.25) is 0 Å². The molecule has 2 nitrogen and oxygen atoms in total. The van der Waals surface area contributed by atoms with Gasteiger partial charge in [-0.3, -0.25) is 4.98 Å². The van der Waals surface area contributed by atoms with E-state index in [1.165, 1.54) is 10.4 Å². The third-order valence-corrected chi connectivity index (χ3v) is 3.38. The fraction of sp³-hybridized carbons (Fsp3) is 0.250. The summed E-state index contributed by atoms with van der Waals surface area (Å²) in [5, 5.41) is 3.38. The lowest BCUT2D eigenvalue weighted by Crippen LogP contribution is -2.11. The van der Waals surface area contributed by atoms with Crippen LogP contribution in [-0.4, -0.2) is 4.98 Å². The van der Waals surface area contributed by atoms with Crippen LogP contribution in [0.5, 0.6) is 0 Å². The molecule has 0 unspecified atom stereocenters. The van der Waals surface area contributed by atoms with E-state index in [4.69, 9.17) is 11.6 Å². The molecule has 16 heavy (non-hydrogen) atoms. The quantitative estimate of drug-likeness (QED) is 0.827. The van der Waals surface area contributed by atoms with Crippen LogP contribution in [0.15, 0.2) is 36.0 Å². The Balaban J connectivity index is 1.81. The minimum Gasteiger partial charge on any atom is -0.308 e. The average molecular weight is 253 g/mol. The van der Waals surface area contributed by atoms with Crippen molar-refractivity contribution in [1.82, 2.24) is 10.3 Å². The summed E-state index contributed by atoms with van der Waals surface area (Å²) in [6.45, 7) is 1.75. The standard InChI is InChI=1S/C12H13ClN2S/c13-5-10-1-3-11(4-2-10)6-14-7-12-8-15-9-16-12/h1-4,8-9,14H,5-7H2. The van der Waals surface area contributed by atoms with E-state index in [0.29, 0.717) is 5.88 Å². The van der Waals surface area contributed by atoms with Gasteiger partial charge >= 0.3 is 0 Å². The van der Waals surface area contributed by atoms with Gasteiger partial charge < -0.3 is 5.32 Å². The summed E-state index contributed by atoms with van der Waals surface area (Å²) >= 11 is 7.40. The molecule has 0 saturated carbocycles.